The van der Waals surface area contributed by atoms with E-state index in [9.17, 15) is 0 Å². The van der Waals surface area contributed by atoms with Crippen LogP contribution in [0.15, 0.2) is 30.3 Å². The maximum atomic E-state index is 3.83. The lowest BCUT2D eigenvalue weighted by atomic mass is 10.00. The molecule has 3 rings (SSSR count). The van der Waals surface area contributed by atoms with Crippen molar-refractivity contribution in [3.05, 3.63) is 30.3 Å². The van der Waals surface area contributed by atoms with Crippen LogP contribution in [0.1, 0.15) is 25.7 Å². The number of rotatable bonds is 4. The minimum absolute atomic E-state index is 0.740. The maximum absolute atomic E-state index is 3.83. The molecule has 0 radical (unpaired) electrons. The first-order chi connectivity index (χ1) is 9.92. The van der Waals surface area contributed by atoms with Gasteiger partial charge in [0.2, 0.25) is 0 Å². The summed E-state index contributed by atoms with van der Waals surface area (Å²) in [5, 5.41) is 3.83. The number of nitrogens with zero attached hydrogens (tertiary/aromatic N) is 1. The van der Waals surface area contributed by atoms with Crippen LogP contribution in [0, 0.1) is 5.92 Å². The van der Waals surface area contributed by atoms with Gasteiger partial charge in [0.25, 0.3) is 0 Å². The van der Waals surface area contributed by atoms with Gasteiger partial charge in [0.15, 0.2) is 0 Å². The molecule has 2 aliphatic heterocycles. The molecule has 1 aromatic rings. The van der Waals surface area contributed by atoms with E-state index in [2.05, 4.69) is 52.3 Å². The van der Waals surface area contributed by atoms with Gasteiger partial charge in [-0.2, -0.15) is 11.8 Å². The summed E-state index contributed by atoms with van der Waals surface area (Å²) >= 11 is 2.12. The summed E-state index contributed by atoms with van der Waals surface area (Å²) in [6.07, 6.45) is 5.41. The molecule has 3 heteroatoms. The van der Waals surface area contributed by atoms with Crippen molar-refractivity contribution in [2.45, 2.75) is 31.7 Å². The lowest BCUT2D eigenvalue weighted by Gasteiger charge is -2.35. The van der Waals surface area contributed by atoms with Gasteiger partial charge in [-0.25, -0.2) is 0 Å². The average molecular weight is 290 g/mol. The molecule has 2 aliphatic rings. The summed E-state index contributed by atoms with van der Waals surface area (Å²) in [4.78, 5) is 2.52. The molecule has 0 bridgehead atoms. The summed E-state index contributed by atoms with van der Waals surface area (Å²) in [7, 11) is 0. The standard InChI is InChI=1S/C17H26N2S/c1-2-4-17(5-3-1)19-10-6-16(7-11-19)18-14-15-8-12-20-13-9-15/h1-5,15-16,18H,6-14H2. The Morgan fingerprint density at radius 1 is 1.00 bits per heavy atom. The first kappa shape index (κ1) is 14.3. The van der Waals surface area contributed by atoms with Gasteiger partial charge in [-0.3, -0.25) is 0 Å². The van der Waals surface area contributed by atoms with Crippen LogP contribution in [-0.4, -0.2) is 37.2 Å². The minimum Gasteiger partial charge on any atom is -0.371 e. The smallest absolute Gasteiger partial charge is 0.0366 e. The third-order valence-electron chi connectivity index (χ3n) is 4.65. The van der Waals surface area contributed by atoms with Crippen molar-refractivity contribution in [3.8, 4) is 0 Å². The Morgan fingerprint density at radius 3 is 2.40 bits per heavy atom. The Labute approximate surface area is 127 Å². The zero-order valence-corrected chi connectivity index (χ0v) is 13.1. The van der Waals surface area contributed by atoms with Crippen LogP contribution >= 0.6 is 11.8 Å². The molecular formula is C17H26N2S. The molecule has 0 atom stereocenters. The third kappa shape index (κ3) is 3.92. The zero-order chi connectivity index (χ0) is 13.6. The van der Waals surface area contributed by atoms with Crippen LogP contribution in [0.4, 0.5) is 5.69 Å². The average Bonchev–Trinajstić information content (AvgIpc) is 2.55. The van der Waals surface area contributed by atoms with Crippen LogP contribution in [0.3, 0.4) is 0 Å². The predicted molar refractivity (Wildman–Crippen MR) is 89.7 cm³/mol. The number of nitrogens with one attached hydrogen (secondary N) is 1. The van der Waals surface area contributed by atoms with E-state index in [0.29, 0.717) is 0 Å². The van der Waals surface area contributed by atoms with Crippen molar-refractivity contribution >= 4 is 17.4 Å². The van der Waals surface area contributed by atoms with Crippen molar-refractivity contribution in [3.63, 3.8) is 0 Å². The summed E-state index contributed by atoms with van der Waals surface area (Å²) in [6, 6.07) is 11.6. The molecule has 0 amide bonds. The fourth-order valence-electron chi connectivity index (χ4n) is 3.26. The topological polar surface area (TPSA) is 15.3 Å². The quantitative estimate of drug-likeness (QED) is 0.915. The zero-order valence-electron chi connectivity index (χ0n) is 12.3. The fraction of sp³-hybridized carbons (Fsp3) is 0.647. The lowest BCUT2D eigenvalue weighted by molar-refractivity contribution is 0.364. The molecule has 2 fully saturated rings. The van der Waals surface area contributed by atoms with Crippen LogP contribution in [0.25, 0.3) is 0 Å². The van der Waals surface area contributed by atoms with Gasteiger partial charge in [-0.05, 0) is 61.8 Å². The molecule has 0 unspecified atom stereocenters. The number of hydrogen-bond donors (Lipinski definition) is 1. The third-order valence-corrected chi connectivity index (χ3v) is 5.70. The van der Waals surface area contributed by atoms with Crippen LogP contribution in [-0.2, 0) is 0 Å². The molecular weight excluding hydrogens is 264 g/mol. The molecule has 2 nitrogen and oxygen atoms in total. The Morgan fingerprint density at radius 2 is 1.70 bits per heavy atom. The van der Waals surface area contributed by atoms with E-state index < -0.39 is 0 Å². The molecule has 2 saturated heterocycles. The van der Waals surface area contributed by atoms with Crippen LogP contribution in [0.2, 0.25) is 0 Å². The number of hydrogen-bond acceptors (Lipinski definition) is 3. The highest BCUT2D eigenvalue weighted by atomic mass is 32.2. The fourth-order valence-corrected chi connectivity index (χ4v) is 4.47. The second kappa shape index (κ2) is 7.37. The molecule has 110 valence electrons. The summed E-state index contributed by atoms with van der Waals surface area (Å²) in [6.45, 7) is 3.64. The van der Waals surface area contributed by atoms with Gasteiger partial charge < -0.3 is 10.2 Å². The van der Waals surface area contributed by atoms with E-state index in [0.717, 1.165) is 12.0 Å². The van der Waals surface area contributed by atoms with Gasteiger partial charge in [0.1, 0.15) is 0 Å². The van der Waals surface area contributed by atoms with Gasteiger partial charge in [0, 0.05) is 24.8 Å². The van der Waals surface area contributed by atoms with Gasteiger partial charge >= 0.3 is 0 Å². The Bertz CT molecular complexity index is 381. The Kier molecular flexibility index (Phi) is 5.26. The van der Waals surface area contributed by atoms with Crippen molar-refractivity contribution in [2.24, 2.45) is 5.92 Å². The minimum atomic E-state index is 0.740. The number of benzene rings is 1. The van der Waals surface area contributed by atoms with E-state index in [1.807, 2.05) is 0 Å². The van der Waals surface area contributed by atoms with E-state index in [4.69, 9.17) is 0 Å². The van der Waals surface area contributed by atoms with E-state index in [1.165, 1.54) is 62.5 Å². The Hall–Kier alpha value is -0.670. The first-order valence-corrected chi connectivity index (χ1v) is 9.18. The van der Waals surface area contributed by atoms with E-state index in [1.54, 1.807) is 0 Å². The largest absolute Gasteiger partial charge is 0.371 e. The SMILES string of the molecule is c1ccc(N2CCC(NCC3CCSCC3)CC2)cc1. The van der Waals surface area contributed by atoms with Crippen LogP contribution < -0.4 is 10.2 Å². The molecule has 1 N–H and O–H groups in total. The van der Waals surface area contributed by atoms with Crippen molar-refractivity contribution in [1.82, 2.24) is 5.32 Å². The van der Waals surface area contributed by atoms with Crippen LogP contribution in [0.5, 0.6) is 0 Å². The molecule has 2 heterocycles. The van der Waals surface area contributed by atoms with Gasteiger partial charge in [-0.1, -0.05) is 18.2 Å². The lowest BCUT2D eigenvalue weighted by Crippen LogP contribution is -2.44. The maximum Gasteiger partial charge on any atom is 0.0366 e. The highest BCUT2D eigenvalue weighted by molar-refractivity contribution is 7.99. The predicted octanol–water partition coefficient (Wildman–Crippen LogP) is 3.39. The Balaban J connectivity index is 1.40. The molecule has 1 aromatic carbocycles. The monoisotopic (exact) mass is 290 g/mol. The number of thioether (sulfide) groups is 1. The summed E-state index contributed by atoms with van der Waals surface area (Å²) in [5.41, 5.74) is 1.38. The molecule has 20 heavy (non-hydrogen) atoms. The van der Waals surface area contributed by atoms with Crippen molar-refractivity contribution in [2.75, 3.05) is 36.0 Å². The number of piperidine rings is 1. The number of para-hydroxylation sites is 1. The molecule has 0 aliphatic carbocycles. The van der Waals surface area contributed by atoms with Crippen molar-refractivity contribution in [1.29, 1.82) is 0 Å². The van der Waals surface area contributed by atoms with E-state index in [-0.39, 0.29) is 0 Å². The number of anilines is 1. The van der Waals surface area contributed by atoms with E-state index >= 15 is 0 Å². The molecule has 0 spiro atoms. The summed E-state index contributed by atoms with van der Waals surface area (Å²) < 4.78 is 0. The summed E-state index contributed by atoms with van der Waals surface area (Å²) in [5.74, 6) is 3.68. The molecule has 0 aromatic heterocycles. The highest BCUT2D eigenvalue weighted by Gasteiger charge is 2.20. The highest BCUT2D eigenvalue weighted by Crippen LogP contribution is 2.23. The molecule has 0 saturated carbocycles. The van der Waals surface area contributed by atoms with Crippen molar-refractivity contribution < 1.29 is 0 Å². The first-order valence-electron chi connectivity index (χ1n) is 8.03. The second-order valence-corrected chi connectivity index (χ2v) is 7.29. The second-order valence-electron chi connectivity index (χ2n) is 6.06. The van der Waals surface area contributed by atoms with Gasteiger partial charge in [-0.15, -0.1) is 0 Å². The van der Waals surface area contributed by atoms with Gasteiger partial charge in [0.05, 0.1) is 0 Å². The normalized spacial score (nSPS) is 22.1.